The van der Waals surface area contributed by atoms with Gasteiger partial charge in [0.25, 0.3) is 0 Å². The van der Waals surface area contributed by atoms with Gasteiger partial charge in [-0.1, -0.05) is 0 Å². The van der Waals surface area contributed by atoms with Crippen LogP contribution in [0.2, 0.25) is 0 Å². The summed E-state index contributed by atoms with van der Waals surface area (Å²) >= 11 is 5.69. The zero-order chi connectivity index (χ0) is 12.8. The maximum atomic E-state index is 12.0. The van der Waals surface area contributed by atoms with Gasteiger partial charge in [0.2, 0.25) is 0 Å². The summed E-state index contributed by atoms with van der Waals surface area (Å²) in [6, 6.07) is 0. The van der Waals surface area contributed by atoms with Crippen LogP contribution < -0.4 is 0 Å². The average Bonchev–Trinajstić information content (AvgIpc) is 1.99. The van der Waals surface area contributed by atoms with Crippen molar-refractivity contribution in [3.8, 4) is 0 Å². The topological polar surface area (TPSA) is 61.8 Å². The molecule has 0 aromatic rings. The van der Waals surface area contributed by atoms with Gasteiger partial charge in [0.1, 0.15) is 5.90 Å². The van der Waals surface area contributed by atoms with Gasteiger partial charge in [-0.3, -0.25) is 9.13 Å². The Labute approximate surface area is 102 Å². The van der Waals surface area contributed by atoms with Crippen molar-refractivity contribution in [1.82, 2.24) is 0 Å². The van der Waals surface area contributed by atoms with Gasteiger partial charge in [0.15, 0.2) is 0 Å². The van der Waals surface area contributed by atoms with Crippen LogP contribution >= 0.6 is 25.6 Å². The van der Waals surface area contributed by atoms with Crippen LogP contribution in [0, 0.1) is 0 Å². The molecule has 0 saturated carbocycles. The van der Waals surface area contributed by atoms with E-state index in [4.69, 9.17) is 24.8 Å². The SMILES string of the molecule is CCOP(=O)(CP(=O)(Cl)OC(C)C)OCC. The smallest absolute Gasteiger partial charge is 0.314 e. The monoisotopic (exact) mass is 292 g/mol. The first-order valence-corrected chi connectivity index (χ1v) is 9.54. The lowest BCUT2D eigenvalue weighted by Gasteiger charge is -2.20. The van der Waals surface area contributed by atoms with Gasteiger partial charge in [-0.05, 0) is 38.9 Å². The van der Waals surface area contributed by atoms with E-state index in [1.165, 1.54) is 0 Å². The van der Waals surface area contributed by atoms with E-state index in [0.717, 1.165) is 0 Å². The Bertz CT molecular complexity index is 284. The highest BCUT2D eigenvalue weighted by atomic mass is 35.7. The minimum atomic E-state index is -3.47. The summed E-state index contributed by atoms with van der Waals surface area (Å²) in [5.74, 6) is -0.401. The first kappa shape index (κ1) is 16.6. The second kappa shape index (κ2) is 7.15. The normalized spacial score (nSPS) is 16.4. The molecule has 0 aliphatic rings. The summed E-state index contributed by atoms with van der Waals surface area (Å²) < 4.78 is 38.8. The molecule has 0 aromatic heterocycles. The summed E-state index contributed by atoms with van der Waals surface area (Å²) in [6.45, 7) is 3.68. The van der Waals surface area contributed by atoms with Crippen LogP contribution in [0.15, 0.2) is 0 Å². The van der Waals surface area contributed by atoms with E-state index in [0.29, 0.717) is 0 Å². The molecular weight excluding hydrogens is 273 g/mol. The molecule has 0 radical (unpaired) electrons. The highest BCUT2D eigenvalue weighted by Crippen LogP contribution is 2.66. The van der Waals surface area contributed by atoms with Crippen molar-refractivity contribution in [3.05, 3.63) is 0 Å². The molecular formula is C8H19ClO5P2. The Morgan fingerprint density at radius 1 is 1.12 bits per heavy atom. The zero-order valence-corrected chi connectivity index (χ0v) is 12.6. The molecule has 5 nitrogen and oxygen atoms in total. The van der Waals surface area contributed by atoms with Gasteiger partial charge in [-0.2, -0.15) is 0 Å². The van der Waals surface area contributed by atoms with E-state index in [2.05, 4.69) is 0 Å². The Balaban J connectivity index is 4.61. The zero-order valence-electron chi connectivity index (χ0n) is 10.0. The van der Waals surface area contributed by atoms with Crippen LogP contribution in [0.3, 0.4) is 0 Å². The van der Waals surface area contributed by atoms with Crippen molar-refractivity contribution in [2.24, 2.45) is 0 Å². The molecule has 16 heavy (non-hydrogen) atoms. The van der Waals surface area contributed by atoms with Crippen LogP contribution in [0.1, 0.15) is 27.7 Å². The van der Waals surface area contributed by atoms with Crippen LogP contribution in [0.4, 0.5) is 0 Å². The van der Waals surface area contributed by atoms with E-state index in [1.807, 2.05) is 0 Å². The molecule has 0 bridgehead atoms. The van der Waals surface area contributed by atoms with Crippen molar-refractivity contribution < 1.29 is 22.7 Å². The molecule has 0 aliphatic heterocycles. The van der Waals surface area contributed by atoms with Crippen molar-refractivity contribution in [1.29, 1.82) is 0 Å². The van der Waals surface area contributed by atoms with Gasteiger partial charge < -0.3 is 13.6 Å². The third-order valence-corrected chi connectivity index (χ3v) is 7.34. The lowest BCUT2D eigenvalue weighted by Crippen LogP contribution is -2.04. The minimum absolute atomic E-state index is 0.204. The highest BCUT2D eigenvalue weighted by Gasteiger charge is 2.36. The molecule has 0 saturated heterocycles. The molecule has 0 fully saturated rings. The lowest BCUT2D eigenvalue weighted by atomic mass is 10.5. The van der Waals surface area contributed by atoms with Crippen molar-refractivity contribution in [2.45, 2.75) is 33.8 Å². The van der Waals surface area contributed by atoms with Gasteiger partial charge in [-0.15, -0.1) is 0 Å². The predicted octanol–water partition coefficient (Wildman–Crippen LogP) is 4.07. The maximum Gasteiger partial charge on any atom is 0.341 e. The molecule has 0 spiro atoms. The third kappa shape index (κ3) is 7.05. The number of hydrogen-bond donors (Lipinski definition) is 0. The van der Waals surface area contributed by atoms with Gasteiger partial charge in [0, 0.05) is 0 Å². The third-order valence-electron chi connectivity index (χ3n) is 1.36. The highest BCUT2D eigenvalue weighted by molar-refractivity contribution is 7.91. The average molecular weight is 293 g/mol. The first-order valence-electron chi connectivity index (χ1n) is 5.10. The fourth-order valence-corrected chi connectivity index (χ4v) is 6.79. The van der Waals surface area contributed by atoms with E-state index >= 15 is 0 Å². The predicted molar refractivity (Wildman–Crippen MR) is 65.4 cm³/mol. The van der Waals surface area contributed by atoms with Crippen molar-refractivity contribution >= 4 is 25.6 Å². The van der Waals surface area contributed by atoms with Crippen LogP contribution in [-0.2, 0) is 22.7 Å². The molecule has 0 heterocycles. The largest absolute Gasteiger partial charge is 0.341 e. The maximum absolute atomic E-state index is 12.0. The first-order chi connectivity index (χ1) is 7.24. The molecule has 0 amide bonds. The summed E-state index contributed by atoms with van der Waals surface area (Å²) in [6.07, 6.45) is -0.306. The molecule has 0 aliphatic carbocycles. The number of hydrogen-bond acceptors (Lipinski definition) is 5. The number of rotatable bonds is 8. The van der Waals surface area contributed by atoms with E-state index in [9.17, 15) is 9.13 Å². The van der Waals surface area contributed by atoms with Gasteiger partial charge in [0.05, 0.1) is 19.3 Å². The molecule has 98 valence electrons. The molecule has 0 N–H and O–H groups in total. The molecule has 1 atom stereocenters. The standard InChI is InChI=1S/C8H19ClO5P2/c1-5-12-16(11,13-6-2)7-15(9,10)14-8(3)4/h8H,5-7H2,1-4H3. The summed E-state index contributed by atoms with van der Waals surface area (Å²) in [7, 11) is -3.42. The lowest BCUT2D eigenvalue weighted by molar-refractivity contribution is 0.219. The van der Waals surface area contributed by atoms with Crippen LogP contribution in [0.5, 0.6) is 0 Å². The molecule has 8 heteroatoms. The molecule has 0 aromatic carbocycles. The Hall–Kier alpha value is 0.630. The summed E-state index contributed by atoms with van der Waals surface area (Å²) in [5.41, 5.74) is 0. The van der Waals surface area contributed by atoms with Crippen molar-refractivity contribution in [3.63, 3.8) is 0 Å². The molecule has 1 unspecified atom stereocenters. The van der Waals surface area contributed by atoms with Gasteiger partial charge in [-0.25, -0.2) is 0 Å². The Morgan fingerprint density at radius 3 is 1.88 bits per heavy atom. The van der Waals surface area contributed by atoms with Crippen LogP contribution in [-0.4, -0.2) is 25.2 Å². The van der Waals surface area contributed by atoms with Crippen molar-refractivity contribution in [2.75, 3.05) is 19.1 Å². The summed E-state index contributed by atoms with van der Waals surface area (Å²) in [4.78, 5) is 0. The Kier molecular flexibility index (Phi) is 7.43. The number of halogens is 1. The summed E-state index contributed by atoms with van der Waals surface area (Å²) in [5, 5.41) is 0. The quantitative estimate of drug-likeness (QED) is 0.631. The fraction of sp³-hybridized carbons (Fsp3) is 1.00. The second-order valence-corrected chi connectivity index (χ2v) is 9.14. The molecule has 0 rings (SSSR count). The fourth-order valence-electron chi connectivity index (χ4n) is 1.07. The van der Waals surface area contributed by atoms with E-state index < -0.39 is 20.2 Å². The van der Waals surface area contributed by atoms with Crippen LogP contribution in [0.25, 0.3) is 0 Å². The second-order valence-electron chi connectivity index (χ2n) is 3.33. The van der Waals surface area contributed by atoms with E-state index in [1.54, 1.807) is 27.7 Å². The Morgan fingerprint density at radius 2 is 1.56 bits per heavy atom. The van der Waals surface area contributed by atoms with E-state index in [-0.39, 0.29) is 19.3 Å². The van der Waals surface area contributed by atoms with Gasteiger partial charge >= 0.3 is 14.3 Å². The minimum Gasteiger partial charge on any atom is -0.314 e.